The van der Waals surface area contributed by atoms with E-state index in [1.54, 1.807) is 47.4 Å². The Bertz CT molecular complexity index is 2040. The lowest BCUT2D eigenvalue weighted by Crippen LogP contribution is -2.40. The van der Waals surface area contributed by atoms with E-state index in [4.69, 9.17) is 33.2 Å². The quantitative estimate of drug-likeness (QED) is 0.141. The number of hydrazine groups is 1. The third-order valence-corrected chi connectivity index (χ3v) is 9.21. The van der Waals surface area contributed by atoms with E-state index in [2.05, 4.69) is 32.2 Å². The zero-order valence-corrected chi connectivity index (χ0v) is 27.0. The van der Waals surface area contributed by atoms with Crippen LogP contribution in [-0.2, 0) is 19.6 Å². The summed E-state index contributed by atoms with van der Waals surface area (Å²) < 4.78 is 31.0. The second-order valence-corrected chi connectivity index (χ2v) is 12.8. The van der Waals surface area contributed by atoms with E-state index in [1.165, 1.54) is 25.4 Å². The Morgan fingerprint density at radius 1 is 1.06 bits per heavy atom. The molecule has 0 saturated carbocycles. The molecule has 5 rings (SSSR count). The van der Waals surface area contributed by atoms with E-state index < -0.39 is 27.7 Å². The summed E-state index contributed by atoms with van der Waals surface area (Å²) >= 11 is 11.9. The van der Waals surface area contributed by atoms with E-state index in [-0.39, 0.29) is 22.8 Å². The fourth-order valence-electron chi connectivity index (χ4n) is 4.69. The molecule has 2 amide bonds. The summed E-state index contributed by atoms with van der Waals surface area (Å²) in [5.74, 6) is 2.61. The van der Waals surface area contributed by atoms with Crippen LogP contribution >= 0.6 is 23.4 Å². The number of nitrogens with zero attached hydrogens (tertiary/aromatic N) is 4. The molecule has 1 aliphatic rings. The van der Waals surface area contributed by atoms with Crippen LogP contribution in [0.15, 0.2) is 60.8 Å². The smallest absolute Gasteiger partial charge is 0.320 e. The molecule has 47 heavy (non-hydrogen) atoms. The minimum absolute atomic E-state index is 0.0898. The molecule has 13 nitrogen and oxygen atoms in total. The van der Waals surface area contributed by atoms with Gasteiger partial charge in [-0.15, -0.1) is 4.94 Å². The topological polar surface area (TPSA) is 171 Å². The van der Waals surface area contributed by atoms with Crippen molar-refractivity contribution in [1.29, 1.82) is 0 Å². The molecule has 1 fully saturated rings. The highest BCUT2D eigenvalue weighted by Gasteiger charge is 2.24. The van der Waals surface area contributed by atoms with Crippen LogP contribution in [0.2, 0.25) is 5.02 Å². The third kappa shape index (κ3) is 7.79. The van der Waals surface area contributed by atoms with Crippen molar-refractivity contribution in [2.45, 2.75) is 0 Å². The Labute approximate surface area is 279 Å². The molecule has 2 aromatic heterocycles. The van der Waals surface area contributed by atoms with Crippen LogP contribution in [0, 0.1) is 11.8 Å². The minimum Gasteiger partial charge on any atom is -0.480 e. The maximum absolute atomic E-state index is 12.8. The van der Waals surface area contributed by atoms with Crippen molar-refractivity contribution in [3.05, 3.63) is 88.1 Å². The van der Waals surface area contributed by atoms with Gasteiger partial charge in [0, 0.05) is 60.0 Å². The molecular formula is C31H26Cl2N6O7S. The number of aliphatic carboxylic acids is 1. The second-order valence-electron chi connectivity index (χ2n) is 10.2. The molecule has 0 bridgehead atoms. The largest absolute Gasteiger partial charge is 0.480 e. The molecule has 2 aromatic carbocycles. The van der Waals surface area contributed by atoms with Crippen LogP contribution < -0.4 is 14.7 Å². The van der Waals surface area contributed by atoms with Gasteiger partial charge in [-0.2, -0.15) is 0 Å². The normalized spacial score (nSPS) is 13.0. The summed E-state index contributed by atoms with van der Waals surface area (Å²) in [6, 6.07) is 14.9. The number of hydrogen-bond acceptors (Lipinski definition) is 9. The van der Waals surface area contributed by atoms with Gasteiger partial charge in [0.2, 0.25) is 10.0 Å². The first-order valence-electron chi connectivity index (χ1n) is 13.9. The van der Waals surface area contributed by atoms with Crippen molar-refractivity contribution in [1.82, 2.24) is 25.2 Å². The lowest BCUT2D eigenvalue weighted by molar-refractivity contribution is -0.134. The van der Waals surface area contributed by atoms with Gasteiger partial charge in [0.1, 0.15) is 5.82 Å². The molecule has 4 aromatic rings. The maximum Gasteiger partial charge on any atom is 0.320 e. The van der Waals surface area contributed by atoms with Gasteiger partial charge in [-0.05, 0) is 48.2 Å². The van der Waals surface area contributed by atoms with Crippen LogP contribution in [0.1, 0.15) is 31.8 Å². The number of hydrogen-bond donors (Lipinski definition) is 3. The number of halogens is 2. The number of carboxylic acids is 1. The summed E-state index contributed by atoms with van der Waals surface area (Å²) in [5, 5.41) is 9.63. The minimum atomic E-state index is -4.23. The van der Waals surface area contributed by atoms with Crippen LogP contribution in [-0.4, -0.2) is 85.3 Å². The molecule has 0 atom stereocenters. The Morgan fingerprint density at radius 2 is 1.79 bits per heavy atom. The van der Waals surface area contributed by atoms with Gasteiger partial charge in [-0.25, -0.2) is 18.4 Å². The predicted molar refractivity (Wildman–Crippen MR) is 175 cm³/mol. The summed E-state index contributed by atoms with van der Waals surface area (Å²) in [5.41, 5.74) is 5.30. The summed E-state index contributed by atoms with van der Waals surface area (Å²) in [7, 11) is -3.05. The molecule has 16 heteroatoms. The molecule has 0 unspecified atom stereocenters. The van der Waals surface area contributed by atoms with E-state index in [1.807, 2.05) is 0 Å². The van der Waals surface area contributed by atoms with Gasteiger partial charge in [-0.1, -0.05) is 35.6 Å². The Morgan fingerprint density at radius 3 is 2.45 bits per heavy atom. The number of anilines is 1. The van der Waals surface area contributed by atoms with Crippen molar-refractivity contribution < 1.29 is 32.6 Å². The Balaban J connectivity index is 1.43. The number of rotatable bonds is 8. The number of sulfonamides is 1. The summed E-state index contributed by atoms with van der Waals surface area (Å²) in [6.45, 7) is 2.05. The Kier molecular flexibility index (Phi) is 10.2. The van der Waals surface area contributed by atoms with E-state index in [0.717, 1.165) is 4.31 Å². The molecular weight excluding hydrogens is 671 g/mol. The van der Waals surface area contributed by atoms with Crippen molar-refractivity contribution in [2.24, 2.45) is 0 Å². The van der Waals surface area contributed by atoms with Crippen molar-refractivity contribution in [3.8, 4) is 23.1 Å². The highest BCUT2D eigenvalue weighted by atomic mass is 35.5. The van der Waals surface area contributed by atoms with Crippen molar-refractivity contribution in [3.63, 3.8) is 0 Å². The Hall–Kier alpha value is -4.78. The van der Waals surface area contributed by atoms with Crippen LogP contribution in [0.3, 0.4) is 0 Å². The second kappa shape index (κ2) is 14.3. The van der Waals surface area contributed by atoms with Gasteiger partial charge >= 0.3 is 5.97 Å². The molecule has 0 aliphatic carbocycles. The zero-order valence-electron chi connectivity index (χ0n) is 24.7. The number of pyridine rings is 2. The van der Waals surface area contributed by atoms with Crippen LogP contribution in [0.5, 0.6) is 0 Å². The van der Waals surface area contributed by atoms with E-state index >= 15 is 0 Å². The number of aromatic nitrogens is 2. The van der Waals surface area contributed by atoms with Crippen LogP contribution in [0.25, 0.3) is 22.2 Å². The fourth-order valence-corrected chi connectivity index (χ4v) is 5.89. The number of amides is 2. The predicted octanol–water partition coefficient (Wildman–Crippen LogP) is 3.06. The number of carbonyl (C=O) groups excluding carboxylic acids is 2. The lowest BCUT2D eigenvalue weighted by atomic mass is 10.0. The molecule has 0 spiro atoms. The highest BCUT2D eigenvalue weighted by Crippen LogP contribution is 2.28. The molecule has 242 valence electrons. The average Bonchev–Trinajstić information content (AvgIpc) is 3.06. The van der Waals surface area contributed by atoms with Crippen molar-refractivity contribution >= 4 is 67.9 Å². The molecule has 3 N–H and O–H groups in total. The summed E-state index contributed by atoms with van der Waals surface area (Å²) in [6.07, 6.45) is 1.27. The fraction of sp³-hybridized carbons (Fsp3) is 0.194. The SMILES string of the molecule is CN(c1cc2nc(-c3ccc(C#Cc4ccc(C(=O)N5CCOCC5)cc4Cl)cc3)cc(C(=O)NNCl)c2cn1)S(=O)(=O)CC(=O)O. The molecule has 1 aliphatic heterocycles. The number of morpholine rings is 1. The summed E-state index contributed by atoms with van der Waals surface area (Å²) in [4.78, 5) is 49.2. The van der Waals surface area contributed by atoms with Gasteiger partial charge in [0.05, 0.1) is 35.0 Å². The van der Waals surface area contributed by atoms with Gasteiger partial charge in [-0.3, -0.25) is 24.1 Å². The molecule has 3 heterocycles. The van der Waals surface area contributed by atoms with Gasteiger partial charge < -0.3 is 14.7 Å². The highest BCUT2D eigenvalue weighted by molar-refractivity contribution is 7.93. The van der Waals surface area contributed by atoms with Gasteiger partial charge in [0.25, 0.3) is 11.8 Å². The number of carboxylic acid groups (broad SMARTS) is 1. The van der Waals surface area contributed by atoms with E-state index in [0.29, 0.717) is 64.7 Å². The third-order valence-electron chi connectivity index (χ3n) is 7.17. The first-order chi connectivity index (χ1) is 22.5. The van der Waals surface area contributed by atoms with Gasteiger partial charge in [0.15, 0.2) is 5.75 Å². The first-order valence-corrected chi connectivity index (χ1v) is 16.3. The molecule has 1 saturated heterocycles. The number of fused-ring (bicyclic) bond motifs is 1. The van der Waals surface area contributed by atoms with Crippen molar-refractivity contribution in [2.75, 3.05) is 43.4 Å². The average molecular weight is 698 g/mol. The van der Waals surface area contributed by atoms with E-state index in [9.17, 15) is 22.8 Å². The number of carbonyl (C=O) groups is 3. The molecule has 0 radical (unpaired) electrons. The number of benzene rings is 2. The monoisotopic (exact) mass is 696 g/mol. The maximum atomic E-state index is 12.8. The first kappa shape index (κ1) is 33.6. The zero-order chi connectivity index (χ0) is 33.7. The number of ether oxygens (including phenoxy) is 1. The number of nitrogens with one attached hydrogen (secondary N) is 2. The lowest BCUT2D eigenvalue weighted by Gasteiger charge is -2.26. The standard InChI is InChI=1S/C31H26Cl2N6O7S/c1-38(47(44,45)18-29(40)41)28-16-27-24(17-34-28)23(30(42)36-37-33)15-26(35-27)21-6-3-19(4-7-21)2-5-20-8-9-22(14-25(20)32)31(43)39-10-12-46-13-11-39/h3-4,6-9,14-17,37H,10-13,18H2,1H3,(H,36,42)(H,40,41). The van der Waals surface area contributed by atoms with Crippen LogP contribution in [0.4, 0.5) is 5.82 Å².